The molecule has 0 spiro atoms. The molecule has 4 heteroatoms. The number of rotatable bonds is 5. The number of nitrogens with zero attached hydrogens (tertiary/aromatic N) is 2. The Bertz CT molecular complexity index is 295. The van der Waals surface area contributed by atoms with Crippen molar-refractivity contribution in [2.45, 2.75) is 25.8 Å². The molecule has 0 aliphatic carbocycles. The second kappa shape index (κ2) is 5.48. The van der Waals surface area contributed by atoms with E-state index in [1.54, 1.807) is 16.8 Å². The molecule has 0 amide bonds. The van der Waals surface area contributed by atoms with Crippen molar-refractivity contribution in [3.8, 4) is 0 Å². The van der Waals surface area contributed by atoms with Crippen LogP contribution in [0.4, 0.5) is 0 Å². The summed E-state index contributed by atoms with van der Waals surface area (Å²) in [6.07, 6.45) is 6.35. The molecule has 0 aliphatic heterocycles. The fraction of sp³-hybridized carbons (Fsp3) is 0.556. The van der Waals surface area contributed by atoms with Crippen molar-refractivity contribution >= 4 is 0 Å². The first-order chi connectivity index (χ1) is 6.34. The second-order valence-corrected chi connectivity index (χ2v) is 2.94. The maximum absolute atomic E-state index is 11.1. The first-order valence-electron chi connectivity index (χ1n) is 4.56. The van der Waals surface area contributed by atoms with Crippen LogP contribution >= 0.6 is 0 Å². The molecule has 0 aromatic carbocycles. The highest BCUT2D eigenvalue weighted by molar-refractivity contribution is 4.80. The average molecular weight is 181 g/mol. The molecule has 13 heavy (non-hydrogen) atoms. The van der Waals surface area contributed by atoms with Gasteiger partial charge in [0.25, 0.3) is 0 Å². The topological polar surface area (TPSA) is 60.9 Å². The van der Waals surface area contributed by atoms with Crippen molar-refractivity contribution in [2.75, 3.05) is 6.54 Å². The van der Waals surface area contributed by atoms with Crippen molar-refractivity contribution in [1.29, 1.82) is 0 Å². The standard InChI is InChI=1S/C9H15N3O/c10-5-2-1-3-7-12-8-4-6-11-9(12)13/h4,6,8H,1-3,5,7,10H2. The highest BCUT2D eigenvalue weighted by Gasteiger charge is 1.93. The summed E-state index contributed by atoms with van der Waals surface area (Å²) in [4.78, 5) is 14.8. The lowest BCUT2D eigenvalue weighted by molar-refractivity contribution is 0.568. The molecular formula is C9H15N3O. The Morgan fingerprint density at radius 3 is 2.92 bits per heavy atom. The van der Waals surface area contributed by atoms with Gasteiger partial charge in [-0.2, -0.15) is 0 Å². The summed E-state index contributed by atoms with van der Waals surface area (Å²) < 4.78 is 1.62. The van der Waals surface area contributed by atoms with Crippen LogP contribution in [0.1, 0.15) is 19.3 Å². The van der Waals surface area contributed by atoms with E-state index in [0.717, 1.165) is 32.4 Å². The molecule has 0 saturated carbocycles. The van der Waals surface area contributed by atoms with Gasteiger partial charge < -0.3 is 5.73 Å². The Morgan fingerprint density at radius 1 is 1.38 bits per heavy atom. The first-order valence-corrected chi connectivity index (χ1v) is 4.56. The minimum absolute atomic E-state index is 0.171. The van der Waals surface area contributed by atoms with Crippen LogP contribution in [0.3, 0.4) is 0 Å². The van der Waals surface area contributed by atoms with Crippen molar-refractivity contribution < 1.29 is 0 Å². The van der Waals surface area contributed by atoms with E-state index >= 15 is 0 Å². The van der Waals surface area contributed by atoms with Gasteiger partial charge in [-0.1, -0.05) is 6.42 Å². The molecule has 4 nitrogen and oxygen atoms in total. The van der Waals surface area contributed by atoms with Gasteiger partial charge in [0.2, 0.25) is 0 Å². The van der Waals surface area contributed by atoms with E-state index in [4.69, 9.17) is 5.73 Å². The van der Waals surface area contributed by atoms with Gasteiger partial charge in [0.05, 0.1) is 0 Å². The van der Waals surface area contributed by atoms with E-state index < -0.39 is 0 Å². The van der Waals surface area contributed by atoms with Crippen molar-refractivity contribution in [3.05, 3.63) is 28.9 Å². The van der Waals surface area contributed by atoms with Crippen LogP contribution in [0.15, 0.2) is 23.3 Å². The normalized spacial score (nSPS) is 10.2. The Kier molecular flexibility index (Phi) is 4.18. The predicted octanol–water partition coefficient (Wildman–Crippen LogP) is 0.372. The third-order valence-corrected chi connectivity index (χ3v) is 1.89. The van der Waals surface area contributed by atoms with Gasteiger partial charge >= 0.3 is 5.69 Å². The summed E-state index contributed by atoms with van der Waals surface area (Å²) in [5.41, 5.74) is 5.19. The largest absolute Gasteiger partial charge is 0.347 e. The van der Waals surface area contributed by atoms with Gasteiger partial charge in [-0.3, -0.25) is 4.57 Å². The molecule has 0 atom stereocenters. The molecule has 0 saturated heterocycles. The van der Waals surface area contributed by atoms with Gasteiger partial charge in [-0.05, 0) is 25.5 Å². The number of nitrogens with two attached hydrogens (primary N) is 1. The quantitative estimate of drug-likeness (QED) is 0.668. The van der Waals surface area contributed by atoms with Gasteiger partial charge in [-0.15, -0.1) is 0 Å². The maximum atomic E-state index is 11.1. The lowest BCUT2D eigenvalue weighted by Crippen LogP contribution is -2.21. The summed E-state index contributed by atoms with van der Waals surface area (Å²) in [7, 11) is 0. The molecule has 1 aromatic heterocycles. The zero-order valence-corrected chi connectivity index (χ0v) is 7.65. The predicted molar refractivity (Wildman–Crippen MR) is 51.4 cm³/mol. The Hall–Kier alpha value is -1.16. The summed E-state index contributed by atoms with van der Waals surface area (Å²) in [5, 5.41) is 0. The molecule has 1 rings (SSSR count). The fourth-order valence-electron chi connectivity index (χ4n) is 1.16. The highest BCUT2D eigenvalue weighted by atomic mass is 16.1. The number of unbranched alkanes of at least 4 members (excludes halogenated alkanes) is 2. The third kappa shape index (κ3) is 3.38. The zero-order chi connectivity index (χ0) is 9.52. The number of hydrogen-bond donors (Lipinski definition) is 1. The van der Waals surface area contributed by atoms with Crippen LogP contribution in [-0.2, 0) is 6.54 Å². The monoisotopic (exact) mass is 181 g/mol. The van der Waals surface area contributed by atoms with E-state index in [1.807, 2.05) is 0 Å². The summed E-state index contributed by atoms with van der Waals surface area (Å²) in [6, 6.07) is 1.77. The van der Waals surface area contributed by atoms with Gasteiger partial charge in [-0.25, -0.2) is 9.78 Å². The lowest BCUT2D eigenvalue weighted by Gasteiger charge is -2.02. The molecular weight excluding hydrogens is 166 g/mol. The van der Waals surface area contributed by atoms with E-state index in [9.17, 15) is 4.79 Å². The number of aryl methyl sites for hydroxylation is 1. The fourth-order valence-corrected chi connectivity index (χ4v) is 1.16. The molecule has 72 valence electrons. The van der Waals surface area contributed by atoms with E-state index in [-0.39, 0.29) is 5.69 Å². The summed E-state index contributed by atoms with van der Waals surface area (Å²) in [5.74, 6) is 0. The molecule has 0 fully saturated rings. The van der Waals surface area contributed by atoms with E-state index in [1.165, 1.54) is 6.20 Å². The average Bonchev–Trinajstić information content (AvgIpc) is 2.15. The molecule has 0 aliphatic rings. The van der Waals surface area contributed by atoms with Gasteiger partial charge in [0.1, 0.15) is 0 Å². The number of aromatic nitrogens is 2. The molecule has 1 aromatic rings. The Balaban J connectivity index is 2.37. The number of hydrogen-bond acceptors (Lipinski definition) is 3. The first kappa shape index (κ1) is 9.92. The smallest absolute Gasteiger partial charge is 0.330 e. The molecule has 0 radical (unpaired) electrons. The molecule has 0 bridgehead atoms. The SMILES string of the molecule is NCCCCCn1cccnc1=O. The lowest BCUT2D eigenvalue weighted by atomic mass is 10.2. The van der Waals surface area contributed by atoms with Crippen molar-refractivity contribution in [2.24, 2.45) is 5.73 Å². The van der Waals surface area contributed by atoms with Crippen molar-refractivity contribution in [1.82, 2.24) is 9.55 Å². The summed E-state index contributed by atoms with van der Waals surface area (Å²) >= 11 is 0. The van der Waals surface area contributed by atoms with E-state index in [2.05, 4.69) is 4.98 Å². The van der Waals surface area contributed by atoms with E-state index in [0.29, 0.717) is 0 Å². The third-order valence-electron chi connectivity index (χ3n) is 1.89. The Labute approximate surface area is 77.4 Å². The minimum atomic E-state index is -0.171. The van der Waals surface area contributed by atoms with Crippen molar-refractivity contribution in [3.63, 3.8) is 0 Å². The van der Waals surface area contributed by atoms with Crippen LogP contribution in [0.2, 0.25) is 0 Å². The highest BCUT2D eigenvalue weighted by Crippen LogP contribution is 1.95. The Morgan fingerprint density at radius 2 is 2.23 bits per heavy atom. The molecule has 0 unspecified atom stereocenters. The van der Waals surface area contributed by atoms with Crippen LogP contribution in [0.25, 0.3) is 0 Å². The molecule has 1 heterocycles. The molecule has 2 N–H and O–H groups in total. The van der Waals surface area contributed by atoms with Gasteiger partial charge in [0.15, 0.2) is 0 Å². The van der Waals surface area contributed by atoms with Crippen LogP contribution in [0.5, 0.6) is 0 Å². The van der Waals surface area contributed by atoms with Crippen LogP contribution in [-0.4, -0.2) is 16.1 Å². The summed E-state index contributed by atoms with van der Waals surface area (Å²) in [6.45, 7) is 1.47. The van der Waals surface area contributed by atoms with Crippen LogP contribution in [0, 0.1) is 0 Å². The van der Waals surface area contributed by atoms with Gasteiger partial charge in [0, 0.05) is 18.9 Å². The maximum Gasteiger partial charge on any atom is 0.347 e. The van der Waals surface area contributed by atoms with Crippen LogP contribution < -0.4 is 11.4 Å². The minimum Gasteiger partial charge on any atom is -0.330 e. The zero-order valence-electron chi connectivity index (χ0n) is 7.65. The second-order valence-electron chi connectivity index (χ2n) is 2.94.